The highest BCUT2D eigenvalue weighted by Gasteiger charge is 2.07. The van der Waals surface area contributed by atoms with Crippen molar-refractivity contribution in [3.63, 3.8) is 0 Å². The molecule has 0 radical (unpaired) electrons. The molecule has 0 aliphatic rings. The summed E-state index contributed by atoms with van der Waals surface area (Å²) in [5.41, 5.74) is 1.91. The Kier molecular flexibility index (Phi) is 4.63. The highest BCUT2D eigenvalue weighted by molar-refractivity contribution is 7.09. The summed E-state index contributed by atoms with van der Waals surface area (Å²) < 4.78 is 0. The van der Waals surface area contributed by atoms with Gasteiger partial charge in [-0.3, -0.25) is 9.78 Å². The molecule has 100 valence electrons. The number of rotatable bonds is 5. The number of pyridine rings is 1. The number of hydrogen-bond donors (Lipinski definition) is 1. The standard InChI is InChI=1S/C14H17N3OS/c1-10(2)6-13(18)16-8-14-17-12(9-19-14)11-4-3-5-15-7-11/h3-5,7,9-10H,6,8H2,1-2H3,(H,16,18). The molecule has 0 bridgehead atoms. The van der Waals surface area contributed by atoms with E-state index in [0.29, 0.717) is 18.9 Å². The van der Waals surface area contributed by atoms with Crippen LogP contribution < -0.4 is 5.32 Å². The maximum absolute atomic E-state index is 11.6. The Morgan fingerprint density at radius 3 is 3.00 bits per heavy atom. The molecule has 5 heteroatoms. The lowest BCUT2D eigenvalue weighted by atomic mass is 10.1. The molecule has 2 rings (SSSR count). The quantitative estimate of drug-likeness (QED) is 0.913. The van der Waals surface area contributed by atoms with E-state index in [9.17, 15) is 4.79 Å². The Morgan fingerprint density at radius 1 is 1.47 bits per heavy atom. The predicted octanol–water partition coefficient (Wildman–Crippen LogP) is 2.87. The predicted molar refractivity (Wildman–Crippen MR) is 76.6 cm³/mol. The molecule has 0 spiro atoms. The summed E-state index contributed by atoms with van der Waals surface area (Å²) >= 11 is 1.55. The average molecular weight is 275 g/mol. The maximum Gasteiger partial charge on any atom is 0.220 e. The molecule has 0 saturated carbocycles. The van der Waals surface area contributed by atoms with Crippen LogP contribution in [0.3, 0.4) is 0 Å². The Bertz CT molecular complexity index is 537. The zero-order valence-electron chi connectivity index (χ0n) is 11.1. The first kappa shape index (κ1) is 13.7. The lowest BCUT2D eigenvalue weighted by Gasteiger charge is -2.04. The van der Waals surface area contributed by atoms with Crippen molar-refractivity contribution in [1.82, 2.24) is 15.3 Å². The van der Waals surface area contributed by atoms with Crippen LogP contribution in [0.2, 0.25) is 0 Å². The molecule has 0 atom stereocenters. The van der Waals surface area contributed by atoms with Crippen molar-refractivity contribution < 1.29 is 4.79 Å². The van der Waals surface area contributed by atoms with Crippen LogP contribution >= 0.6 is 11.3 Å². The number of carbonyl (C=O) groups is 1. The second kappa shape index (κ2) is 6.43. The number of nitrogens with zero attached hydrogens (tertiary/aromatic N) is 2. The summed E-state index contributed by atoms with van der Waals surface area (Å²) in [7, 11) is 0. The lowest BCUT2D eigenvalue weighted by Crippen LogP contribution is -2.23. The molecule has 1 N–H and O–H groups in total. The topological polar surface area (TPSA) is 54.9 Å². The number of carbonyl (C=O) groups excluding carboxylic acids is 1. The van der Waals surface area contributed by atoms with E-state index in [2.05, 4.69) is 15.3 Å². The molecule has 4 nitrogen and oxygen atoms in total. The van der Waals surface area contributed by atoms with Crippen molar-refractivity contribution in [2.75, 3.05) is 0 Å². The molecule has 2 aromatic heterocycles. The van der Waals surface area contributed by atoms with Crippen LogP contribution in [0.4, 0.5) is 0 Å². The summed E-state index contributed by atoms with van der Waals surface area (Å²) in [6.45, 7) is 4.56. The van der Waals surface area contributed by atoms with E-state index in [0.717, 1.165) is 16.3 Å². The Balaban J connectivity index is 1.93. The number of hydrogen-bond acceptors (Lipinski definition) is 4. The zero-order chi connectivity index (χ0) is 13.7. The maximum atomic E-state index is 11.6. The first-order valence-corrected chi connectivity index (χ1v) is 7.14. The summed E-state index contributed by atoms with van der Waals surface area (Å²) in [4.78, 5) is 20.1. The fourth-order valence-electron chi connectivity index (χ4n) is 1.66. The van der Waals surface area contributed by atoms with Crippen molar-refractivity contribution in [3.8, 4) is 11.3 Å². The fraction of sp³-hybridized carbons (Fsp3) is 0.357. The third-order valence-corrected chi connectivity index (χ3v) is 3.39. The second-order valence-corrected chi connectivity index (χ2v) is 5.69. The molecule has 0 unspecified atom stereocenters. The third kappa shape index (κ3) is 4.13. The van der Waals surface area contributed by atoms with E-state index in [1.165, 1.54) is 0 Å². The number of nitrogens with one attached hydrogen (secondary N) is 1. The van der Waals surface area contributed by atoms with E-state index < -0.39 is 0 Å². The van der Waals surface area contributed by atoms with Crippen LogP contribution in [0.5, 0.6) is 0 Å². The van der Waals surface area contributed by atoms with E-state index in [-0.39, 0.29) is 5.91 Å². The SMILES string of the molecule is CC(C)CC(=O)NCc1nc(-c2cccnc2)cs1. The van der Waals surface area contributed by atoms with Gasteiger partial charge in [-0.05, 0) is 18.1 Å². The Morgan fingerprint density at radius 2 is 2.32 bits per heavy atom. The molecule has 2 heterocycles. The summed E-state index contributed by atoms with van der Waals surface area (Å²) in [5.74, 6) is 0.454. The zero-order valence-corrected chi connectivity index (χ0v) is 11.9. The van der Waals surface area contributed by atoms with Gasteiger partial charge in [0.15, 0.2) is 0 Å². The molecular formula is C14H17N3OS. The molecule has 0 saturated heterocycles. The molecule has 0 aliphatic carbocycles. The van der Waals surface area contributed by atoms with Gasteiger partial charge in [-0.2, -0.15) is 0 Å². The van der Waals surface area contributed by atoms with Gasteiger partial charge in [0.05, 0.1) is 12.2 Å². The first-order chi connectivity index (χ1) is 9.15. The Hall–Kier alpha value is -1.75. The van der Waals surface area contributed by atoms with Crippen LogP contribution in [0, 0.1) is 5.92 Å². The first-order valence-electron chi connectivity index (χ1n) is 6.26. The van der Waals surface area contributed by atoms with Crippen LogP contribution in [0.1, 0.15) is 25.3 Å². The molecular weight excluding hydrogens is 258 g/mol. The molecule has 2 aromatic rings. The van der Waals surface area contributed by atoms with Gasteiger partial charge >= 0.3 is 0 Å². The van der Waals surface area contributed by atoms with Crippen molar-refractivity contribution in [2.24, 2.45) is 5.92 Å². The second-order valence-electron chi connectivity index (χ2n) is 4.74. The number of amides is 1. The highest BCUT2D eigenvalue weighted by atomic mass is 32.1. The van der Waals surface area contributed by atoms with Gasteiger partial charge in [0.2, 0.25) is 5.91 Å². The fourth-order valence-corrected chi connectivity index (χ4v) is 2.40. The van der Waals surface area contributed by atoms with Crippen LogP contribution in [-0.2, 0) is 11.3 Å². The minimum absolute atomic E-state index is 0.0770. The van der Waals surface area contributed by atoms with Crippen LogP contribution in [0.15, 0.2) is 29.9 Å². The summed E-state index contributed by atoms with van der Waals surface area (Å²) in [5, 5.41) is 5.79. The molecule has 19 heavy (non-hydrogen) atoms. The minimum atomic E-state index is 0.0770. The van der Waals surface area contributed by atoms with E-state index in [1.54, 1.807) is 23.7 Å². The van der Waals surface area contributed by atoms with E-state index in [1.807, 2.05) is 31.4 Å². The smallest absolute Gasteiger partial charge is 0.220 e. The van der Waals surface area contributed by atoms with Gasteiger partial charge in [-0.1, -0.05) is 13.8 Å². The van der Waals surface area contributed by atoms with Crippen LogP contribution in [-0.4, -0.2) is 15.9 Å². The van der Waals surface area contributed by atoms with E-state index in [4.69, 9.17) is 0 Å². The van der Waals surface area contributed by atoms with Gasteiger partial charge in [0.1, 0.15) is 5.01 Å². The highest BCUT2D eigenvalue weighted by Crippen LogP contribution is 2.20. The van der Waals surface area contributed by atoms with Crippen molar-refractivity contribution >= 4 is 17.2 Å². The minimum Gasteiger partial charge on any atom is -0.350 e. The average Bonchev–Trinajstić information content (AvgIpc) is 2.85. The largest absolute Gasteiger partial charge is 0.350 e. The normalized spacial score (nSPS) is 10.7. The number of thiazole rings is 1. The third-order valence-electron chi connectivity index (χ3n) is 2.54. The van der Waals surface area contributed by atoms with Gasteiger partial charge in [-0.15, -0.1) is 11.3 Å². The van der Waals surface area contributed by atoms with Gasteiger partial charge in [-0.25, -0.2) is 4.98 Å². The van der Waals surface area contributed by atoms with Crippen molar-refractivity contribution in [3.05, 3.63) is 34.9 Å². The summed E-state index contributed by atoms with van der Waals surface area (Å²) in [6.07, 6.45) is 4.08. The van der Waals surface area contributed by atoms with Gasteiger partial charge < -0.3 is 5.32 Å². The number of aromatic nitrogens is 2. The monoisotopic (exact) mass is 275 g/mol. The molecule has 0 aliphatic heterocycles. The molecule has 0 fully saturated rings. The molecule has 0 aromatic carbocycles. The Labute approximate surface area is 116 Å². The summed E-state index contributed by atoms with van der Waals surface area (Å²) in [6, 6.07) is 3.86. The van der Waals surface area contributed by atoms with Gasteiger partial charge in [0, 0.05) is 29.8 Å². The van der Waals surface area contributed by atoms with Gasteiger partial charge in [0.25, 0.3) is 0 Å². The van der Waals surface area contributed by atoms with Crippen LogP contribution in [0.25, 0.3) is 11.3 Å². The lowest BCUT2D eigenvalue weighted by molar-refractivity contribution is -0.121. The van der Waals surface area contributed by atoms with E-state index >= 15 is 0 Å². The molecule has 1 amide bonds. The van der Waals surface area contributed by atoms with Crippen molar-refractivity contribution in [2.45, 2.75) is 26.8 Å². The van der Waals surface area contributed by atoms with Crippen molar-refractivity contribution in [1.29, 1.82) is 0 Å².